The van der Waals surface area contributed by atoms with Crippen molar-refractivity contribution in [3.63, 3.8) is 0 Å². The van der Waals surface area contributed by atoms with Crippen LogP contribution in [0.2, 0.25) is 0 Å². The average Bonchev–Trinajstić information content (AvgIpc) is 2.91. The van der Waals surface area contributed by atoms with Gasteiger partial charge in [-0.05, 0) is 64.2 Å². The summed E-state index contributed by atoms with van der Waals surface area (Å²) < 4.78 is 0. The van der Waals surface area contributed by atoms with Gasteiger partial charge in [0.1, 0.15) is 0 Å². The Morgan fingerprint density at radius 3 is 1.28 bits per heavy atom. The van der Waals surface area contributed by atoms with Crippen molar-refractivity contribution >= 4 is 7.26 Å². The first-order chi connectivity index (χ1) is 8.42. The summed E-state index contributed by atoms with van der Waals surface area (Å²) in [6.45, 7) is 0. The van der Waals surface area contributed by atoms with Crippen LogP contribution in [0.25, 0.3) is 0 Å². The summed E-state index contributed by atoms with van der Waals surface area (Å²) in [6.07, 6.45) is 22.5. The van der Waals surface area contributed by atoms with Crippen molar-refractivity contribution < 1.29 is 24.0 Å². The van der Waals surface area contributed by atoms with E-state index in [-0.39, 0.29) is 24.0 Å². The van der Waals surface area contributed by atoms with Gasteiger partial charge in [0.2, 0.25) is 0 Å². The molecular weight excluding hydrogens is 350 g/mol. The highest BCUT2D eigenvalue weighted by Gasteiger charge is 2.53. The summed E-state index contributed by atoms with van der Waals surface area (Å²) in [5.74, 6) is 0. The minimum Gasteiger partial charge on any atom is -1.00 e. The third-order valence-electron chi connectivity index (χ3n) is 6.00. The maximum atomic E-state index is 1.71. The Kier molecular flexibility index (Phi) is 6.26. The van der Waals surface area contributed by atoms with Crippen molar-refractivity contribution in [1.82, 2.24) is 0 Å². The van der Waals surface area contributed by atoms with Gasteiger partial charge in [-0.15, -0.1) is 0 Å². The first-order valence-corrected chi connectivity index (χ1v) is 10.6. The molecule has 1 heterocycles. The van der Waals surface area contributed by atoms with Gasteiger partial charge in [-0.3, -0.25) is 0 Å². The predicted molar refractivity (Wildman–Crippen MR) is 79.6 cm³/mol. The summed E-state index contributed by atoms with van der Waals surface area (Å²) in [5, 5.41) is 0. The summed E-state index contributed by atoms with van der Waals surface area (Å²) in [6, 6.07) is 0. The van der Waals surface area contributed by atoms with Crippen LogP contribution in [0.1, 0.15) is 77.0 Å². The van der Waals surface area contributed by atoms with Crippen molar-refractivity contribution in [2.45, 2.75) is 88.4 Å². The van der Waals surface area contributed by atoms with E-state index in [1.165, 1.54) is 11.3 Å². The van der Waals surface area contributed by atoms with E-state index in [0.29, 0.717) is 0 Å². The van der Waals surface area contributed by atoms with Crippen LogP contribution >= 0.6 is 7.26 Å². The summed E-state index contributed by atoms with van der Waals surface area (Å²) >= 11 is 0. The standard InChI is InChI=1S/C16H30P.HI/c1-3-9-15(10-4-1)17(13-7-8-14-17)16-11-5-2-6-12-16;/h15-16H,1-14H2;1H/q+1;/p-1. The molecule has 0 aromatic rings. The van der Waals surface area contributed by atoms with E-state index in [9.17, 15) is 0 Å². The van der Waals surface area contributed by atoms with E-state index < -0.39 is 7.26 Å². The average molecular weight is 380 g/mol. The molecule has 0 aromatic carbocycles. The van der Waals surface area contributed by atoms with Crippen LogP contribution in [0, 0.1) is 0 Å². The Labute approximate surface area is 131 Å². The molecule has 0 spiro atoms. The summed E-state index contributed by atoms with van der Waals surface area (Å²) in [7, 11) is -0.498. The number of halogens is 1. The highest BCUT2D eigenvalue weighted by atomic mass is 127. The fourth-order valence-electron chi connectivity index (χ4n) is 5.14. The van der Waals surface area contributed by atoms with Gasteiger partial charge in [-0.1, -0.05) is 12.8 Å². The van der Waals surface area contributed by atoms with Crippen molar-refractivity contribution in [3.05, 3.63) is 0 Å². The third kappa shape index (κ3) is 3.08. The minimum atomic E-state index is -0.498. The molecule has 1 aliphatic heterocycles. The molecule has 18 heavy (non-hydrogen) atoms. The van der Waals surface area contributed by atoms with Crippen molar-refractivity contribution in [2.24, 2.45) is 0 Å². The molecule has 0 atom stereocenters. The summed E-state index contributed by atoms with van der Waals surface area (Å²) in [5.41, 5.74) is 2.48. The van der Waals surface area contributed by atoms with Crippen LogP contribution in [-0.2, 0) is 0 Å². The SMILES string of the molecule is C1CCC([P+]2(C3CCCCC3)CCCC2)CC1.[I-]. The molecule has 1 saturated heterocycles. The molecule has 0 N–H and O–H groups in total. The van der Waals surface area contributed by atoms with Gasteiger partial charge in [0.25, 0.3) is 0 Å². The molecule has 0 unspecified atom stereocenters. The van der Waals surface area contributed by atoms with Crippen molar-refractivity contribution in [1.29, 1.82) is 0 Å². The Balaban J connectivity index is 0.00000120. The minimum absolute atomic E-state index is 0. The monoisotopic (exact) mass is 380 g/mol. The molecule has 0 radical (unpaired) electrons. The van der Waals surface area contributed by atoms with E-state index in [4.69, 9.17) is 0 Å². The lowest BCUT2D eigenvalue weighted by atomic mass is 9.99. The lowest BCUT2D eigenvalue weighted by molar-refractivity contribution is -0.00000362. The molecule has 0 nitrogen and oxygen atoms in total. The third-order valence-corrected chi connectivity index (χ3v) is 12.2. The van der Waals surface area contributed by atoms with Gasteiger partial charge >= 0.3 is 0 Å². The smallest absolute Gasteiger partial charge is 0.0700 e. The van der Waals surface area contributed by atoms with Crippen molar-refractivity contribution in [3.8, 4) is 0 Å². The second-order valence-corrected chi connectivity index (χ2v) is 11.4. The van der Waals surface area contributed by atoms with Gasteiger partial charge in [0, 0.05) is 7.26 Å². The predicted octanol–water partition coefficient (Wildman–Crippen LogP) is 2.47. The Morgan fingerprint density at radius 1 is 0.500 bits per heavy atom. The van der Waals surface area contributed by atoms with E-state index in [0.717, 1.165) is 0 Å². The van der Waals surface area contributed by atoms with E-state index in [1.807, 2.05) is 0 Å². The zero-order valence-electron chi connectivity index (χ0n) is 11.9. The number of rotatable bonds is 2. The molecule has 0 bridgehead atoms. The van der Waals surface area contributed by atoms with Crippen LogP contribution in [0.5, 0.6) is 0 Å². The fourth-order valence-corrected chi connectivity index (χ4v) is 11.8. The Morgan fingerprint density at radius 2 is 0.889 bits per heavy atom. The second-order valence-electron chi connectivity index (χ2n) is 6.84. The maximum Gasteiger partial charge on any atom is 0.0700 e. The summed E-state index contributed by atoms with van der Waals surface area (Å²) in [4.78, 5) is 0. The molecule has 3 aliphatic rings. The molecule has 3 fully saturated rings. The lowest BCUT2D eigenvalue weighted by Crippen LogP contribution is -3.00. The van der Waals surface area contributed by atoms with Gasteiger partial charge in [-0.2, -0.15) is 0 Å². The van der Waals surface area contributed by atoms with Crippen LogP contribution in [0.4, 0.5) is 0 Å². The molecule has 2 heteroatoms. The van der Waals surface area contributed by atoms with Gasteiger partial charge < -0.3 is 24.0 Å². The molecular formula is C16H30IP. The highest BCUT2D eigenvalue weighted by molar-refractivity contribution is 7.77. The van der Waals surface area contributed by atoms with Crippen LogP contribution in [0.15, 0.2) is 0 Å². The van der Waals surface area contributed by atoms with E-state index >= 15 is 0 Å². The zero-order chi connectivity index (χ0) is 11.6. The molecule has 0 aromatic heterocycles. The highest BCUT2D eigenvalue weighted by Crippen LogP contribution is 2.75. The lowest BCUT2D eigenvalue weighted by Gasteiger charge is -2.41. The topological polar surface area (TPSA) is 0 Å². The zero-order valence-corrected chi connectivity index (χ0v) is 14.9. The van der Waals surface area contributed by atoms with Gasteiger partial charge in [-0.25, -0.2) is 0 Å². The van der Waals surface area contributed by atoms with Crippen LogP contribution in [-0.4, -0.2) is 23.6 Å². The normalized spacial score (nSPS) is 30.0. The van der Waals surface area contributed by atoms with E-state index in [2.05, 4.69) is 0 Å². The van der Waals surface area contributed by atoms with Crippen molar-refractivity contribution in [2.75, 3.05) is 12.3 Å². The quantitative estimate of drug-likeness (QED) is 0.510. The second kappa shape index (κ2) is 7.25. The molecule has 3 rings (SSSR count). The van der Waals surface area contributed by atoms with E-state index in [1.54, 1.807) is 89.4 Å². The fraction of sp³-hybridized carbons (Fsp3) is 1.00. The molecule has 2 saturated carbocycles. The Hall–Kier alpha value is 1.16. The molecule has 0 amide bonds. The molecule has 106 valence electrons. The Bertz CT molecular complexity index is 215. The first-order valence-electron chi connectivity index (χ1n) is 8.28. The van der Waals surface area contributed by atoms with Crippen LogP contribution < -0.4 is 24.0 Å². The molecule has 2 aliphatic carbocycles. The van der Waals surface area contributed by atoms with Gasteiger partial charge in [0.15, 0.2) is 0 Å². The van der Waals surface area contributed by atoms with Crippen LogP contribution in [0.3, 0.4) is 0 Å². The first kappa shape index (κ1) is 15.5. The maximum absolute atomic E-state index is 1.71. The largest absolute Gasteiger partial charge is 1.00 e. The number of hydrogen-bond acceptors (Lipinski definition) is 0. The number of hydrogen-bond donors (Lipinski definition) is 0. The van der Waals surface area contributed by atoms with Gasteiger partial charge in [0.05, 0.1) is 23.6 Å².